The van der Waals surface area contributed by atoms with E-state index < -0.39 is 0 Å². The molecule has 1 N–H and O–H groups in total. The minimum absolute atomic E-state index is 0.0954. The molecule has 2 aromatic heterocycles. The molecular weight excluding hydrogens is 359 g/mol. The summed E-state index contributed by atoms with van der Waals surface area (Å²) in [5.41, 5.74) is 2.41. The fourth-order valence-corrected chi connectivity index (χ4v) is 4.19. The third-order valence-corrected chi connectivity index (χ3v) is 5.22. The highest BCUT2D eigenvalue weighted by Crippen LogP contribution is 2.40. The molecule has 0 amide bonds. The lowest BCUT2D eigenvalue weighted by atomic mass is 10.0. The molecule has 0 radical (unpaired) electrons. The number of hydrogen-bond donors (Lipinski definition) is 1. The van der Waals surface area contributed by atoms with Crippen molar-refractivity contribution < 1.29 is 4.39 Å². The van der Waals surface area contributed by atoms with Gasteiger partial charge in [-0.25, -0.2) is 4.39 Å². The van der Waals surface area contributed by atoms with Crippen molar-refractivity contribution in [2.45, 2.75) is 32.0 Å². The van der Waals surface area contributed by atoms with Gasteiger partial charge in [-0.05, 0) is 62.5 Å². The molecule has 0 spiro atoms. The first-order valence-electron chi connectivity index (χ1n) is 9.00. The first-order valence-corrected chi connectivity index (χ1v) is 9.40. The van der Waals surface area contributed by atoms with Gasteiger partial charge < -0.3 is 14.8 Å². The van der Waals surface area contributed by atoms with Gasteiger partial charge in [-0.3, -0.25) is 4.98 Å². The molecule has 1 aliphatic rings. The number of aromatic nitrogens is 2. The minimum atomic E-state index is -0.256. The van der Waals surface area contributed by atoms with E-state index in [9.17, 15) is 4.39 Å². The summed E-state index contributed by atoms with van der Waals surface area (Å²) >= 11 is 5.63. The van der Waals surface area contributed by atoms with Crippen LogP contribution in [0, 0.1) is 5.82 Å². The summed E-state index contributed by atoms with van der Waals surface area (Å²) in [4.78, 5) is 6.70. The Bertz CT molecular complexity index is 954. The van der Waals surface area contributed by atoms with Crippen molar-refractivity contribution >= 4 is 17.3 Å². The van der Waals surface area contributed by atoms with Gasteiger partial charge in [0.1, 0.15) is 5.82 Å². The maximum Gasteiger partial charge on any atom is 0.170 e. The summed E-state index contributed by atoms with van der Waals surface area (Å²) in [7, 11) is 0. The zero-order valence-electron chi connectivity index (χ0n) is 15.2. The van der Waals surface area contributed by atoms with E-state index >= 15 is 0 Å². The standard InChI is InChI=1S/C21H21FN4S/c1-14(2)26-20(19(24-21(26)27)16-9-5-6-12-23-16)18-11-7-13-25(18)17-10-4-3-8-15(17)22/h3-14,19-20H,1-2H3,(H,24,27)/t19-,20-/m1/s1. The lowest BCUT2D eigenvalue weighted by Gasteiger charge is -2.31. The smallest absolute Gasteiger partial charge is 0.170 e. The minimum Gasteiger partial charge on any atom is -0.352 e. The predicted molar refractivity (Wildman–Crippen MR) is 108 cm³/mol. The van der Waals surface area contributed by atoms with Crippen LogP contribution < -0.4 is 5.32 Å². The number of nitrogens with one attached hydrogen (secondary N) is 1. The second-order valence-corrected chi connectivity index (χ2v) is 7.27. The van der Waals surface area contributed by atoms with E-state index in [1.165, 1.54) is 6.07 Å². The third kappa shape index (κ3) is 3.10. The van der Waals surface area contributed by atoms with Crippen LogP contribution in [0.4, 0.5) is 4.39 Å². The molecule has 3 aromatic rings. The molecule has 0 saturated carbocycles. The Kier molecular flexibility index (Phi) is 4.66. The number of pyridine rings is 1. The Balaban J connectivity index is 1.86. The summed E-state index contributed by atoms with van der Waals surface area (Å²) in [5, 5.41) is 4.11. The Labute approximate surface area is 163 Å². The van der Waals surface area contributed by atoms with E-state index in [-0.39, 0.29) is 23.9 Å². The number of para-hydroxylation sites is 1. The van der Waals surface area contributed by atoms with Crippen LogP contribution in [0.15, 0.2) is 67.0 Å². The Morgan fingerprint density at radius 3 is 2.56 bits per heavy atom. The zero-order chi connectivity index (χ0) is 19.0. The third-order valence-electron chi connectivity index (χ3n) is 4.89. The summed E-state index contributed by atoms with van der Waals surface area (Å²) in [5.74, 6) is -0.256. The van der Waals surface area contributed by atoms with Crippen LogP contribution in [0.3, 0.4) is 0 Å². The first kappa shape index (κ1) is 17.7. The number of rotatable bonds is 4. The Morgan fingerprint density at radius 1 is 1.07 bits per heavy atom. The molecule has 1 saturated heterocycles. The maximum atomic E-state index is 14.5. The zero-order valence-corrected chi connectivity index (χ0v) is 16.0. The lowest BCUT2D eigenvalue weighted by Crippen LogP contribution is -2.36. The molecule has 3 heterocycles. The summed E-state index contributed by atoms with van der Waals surface area (Å²) < 4.78 is 16.4. The van der Waals surface area contributed by atoms with Crippen molar-refractivity contribution in [2.24, 2.45) is 0 Å². The van der Waals surface area contributed by atoms with Crippen LogP contribution in [0.1, 0.15) is 37.3 Å². The monoisotopic (exact) mass is 380 g/mol. The second kappa shape index (κ2) is 7.12. The van der Waals surface area contributed by atoms with Gasteiger partial charge in [0.25, 0.3) is 0 Å². The maximum absolute atomic E-state index is 14.5. The van der Waals surface area contributed by atoms with E-state index in [0.29, 0.717) is 10.8 Å². The van der Waals surface area contributed by atoms with Crippen molar-refractivity contribution in [2.75, 3.05) is 0 Å². The van der Waals surface area contributed by atoms with E-state index in [1.54, 1.807) is 18.3 Å². The van der Waals surface area contributed by atoms with Crippen molar-refractivity contribution in [1.29, 1.82) is 0 Å². The molecule has 138 valence electrons. The molecule has 4 nitrogen and oxygen atoms in total. The molecule has 1 aliphatic heterocycles. The molecule has 27 heavy (non-hydrogen) atoms. The number of thiocarbonyl (C=S) groups is 1. The number of halogens is 1. The van der Waals surface area contributed by atoms with Crippen molar-refractivity contribution in [3.8, 4) is 5.69 Å². The van der Waals surface area contributed by atoms with Crippen molar-refractivity contribution in [1.82, 2.24) is 19.8 Å². The van der Waals surface area contributed by atoms with Gasteiger partial charge in [0.15, 0.2) is 5.11 Å². The molecule has 1 fully saturated rings. The Morgan fingerprint density at radius 2 is 1.85 bits per heavy atom. The van der Waals surface area contributed by atoms with Crippen LogP contribution in [-0.2, 0) is 0 Å². The molecule has 1 aromatic carbocycles. The second-order valence-electron chi connectivity index (χ2n) is 6.88. The number of hydrogen-bond acceptors (Lipinski definition) is 2. The predicted octanol–water partition coefficient (Wildman–Crippen LogP) is 4.39. The Hall–Kier alpha value is -2.73. The van der Waals surface area contributed by atoms with E-state index in [2.05, 4.69) is 29.0 Å². The van der Waals surface area contributed by atoms with Crippen molar-refractivity contribution in [3.63, 3.8) is 0 Å². The van der Waals surface area contributed by atoms with Gasteiger partial charge in [0.05, 0.1) is 23.5 Å². The van der Waals surface area contributed by atoms with Gasteiger partial charge in [0, 0.05) is 24.1 Å². The van der Waals surface area contributed by atoms with E-state index in [1.807, 2.05) is 47.2 Å². The summed E-state index contributed by atoms with van der Waals surface area (Å²) in [6.45, 7) is 4.22. The van der Waals surface area contributed by atoms with Gasteiger partial charge in [-0.1, -0.05) is 18.2 Å². The largest absolute Gasteiger partial charge is 0.352 e. The van der Waals surface area contributed by atoms with Crippen LogP contribution >= 0.6 is 12.2 Å². The SMILES string of the molecule is CC(C)N1C(=S)N[C@H](c2ccccn2)[C@H]1c1cccn1-c1ccccc1F. The fourth-order valence-electron chi connectivity index (χ4n) is 3.74. The highest BCUT2D eigenvalue weighted by Gasteiger charge is 2.42. The average Bonchev–Trinajstić information content (AvgIpc) is 3.26. The molecular formula is C21H21FN4S. The molecule has 0 unspecified atom stereocenters. The molecule has 0 bridgehead atoms. The van der Waals surface area contributed by atoms with Gasteiger partial charge in [0.2, 0.25) is 0 Å². The van der Waals surface area contributed by atoms with Crippen LogP contribution in [0.5, 0.6) is 0 Å². The highest BCUT2D eigenvalue weighted by atomic mass is 32.1. The molecule has 6 heteroatoms. The van der Waals surface area contributed by atoms with Crippen LogP contribution in [0.25, 0.3) is 5.69 Å². The molecule has 0 aliphatic carbocycles. The van der Waals surface area contributed by atoms with Gasteiger partial charge in [-0.2, -0.15) is 0 Å². The topological polar surface area (TPSA) is 33.1 Å². The summed E-state index contributed by atoms with van der Waals surface area (Å²) in [6, 6.07) is 16.6. The van der Waals surface area contributed by atoms with Crippen LogP contribution in [0.2, 0.25) is 0 Å². The highest BCUT2D eigenvalue weighted by molar-refractivity contribution is 7.80. The summed E-state index contributed by atoms with van der Waals surface area (Å²) in [6.07, 6.45) is 3.67. The first-order chi connectivity index (χ1) is 13.1. The molecule has 4 rings (SSSR count). The lowest BCUT2D eigenvalue weighted by molar-refractivity contribution is 0.262. The normalized spacial score (nSPS) is 19.6. The quantitative estimate of drug-likeness (QED) is 0.681. The average molecular weight is 380 g/mol. The van der Waals surface area contributed by atoms with Gasteiger partial charge >= 0.3 is 0 Å². The number of nitrogens with zero attached hydrogens (tertiary/aromatic N) is 3. The molecule has 2 atom stereocenters. The number of benzene rings is 1. The van der Waals surface area contributed by atoms with Gasteiger partial charge in [-0.15, -0.1) is 0 Å². The van der Waals surface area contributed by atoms with Crippen LogP contribution in [-0.4, -0.2) is 25.6 Å². The van der Waals surface area contributed by atoms with E-state index in [0.717, 1.165) is 11.4 Å². The fraction of sp³-hybridized carbons (Fsp3) is 0.238. The van der Waals surface area contributed by atoms with Crippen molar-refractivity contribution in [3.05, 3.63) is 84.2 Å². The van der Waals surface area contributed by atoms with E-state index in [4.69, 9.17) is 12.2 Å².